The number of likely N-dealkylation sites (tertiary alicyclic amines) is 1. The number of piperidine rings is 1. The fourth-order valence-electron chi connectivity index (χ4n) is 5.87. The van der Waals surface area contributed by atoms with Crippen LogP contribution in [0.5, 0.6) is 17.2 Å². The first-order chi connectivity index (χ1) is 22.3. The van der Waals surface area contributed by atoms with Gasteiger partial charge in [-0.15, -0.1) is 0 Å². The minimum Gasteiger partial charge on any atom is -0.495 e. The lowest BCUT2D eigenvalue weighted by Crippen LogP contribution is -2.41. The van der Waals surface area contributed by atoms with E-state index in [1.54, 1.807) is 42.5 Å². The van der Waals surface area contributed by atoms with E-state index in [4.69, 9.17) is 9.47 Å². The number of carbonyl (C=O) groups excluding carboxylic acids is 1. The van der Waals surface area contributed by atoms with Gasteiger partial charge in [0.25, 0.3) is 0 Å². The molecule has 6 rings (SSSR count). The Labute approximate surface area is 266 Å². The van der Waals surface area contributed by atoms with Gasteiger partial charge in [0, 0.05) is 62.0 Å². The molecule has 4 aromatic rings. The van der Waals surface area contributed by atoms with Crippen molar-refractivity contribution in [3.63, 3.8) is 0 Å². The summed E-state index contributed by atoms with van der Waals surface area (Å²) in [5, 5.41) is 16.8. The van der Waals surface area contributed by atoms with Crippen molar-refractivity contribution in [2.24, 2.45) is 5.41 Å². The molecule has 236 valence electrons. The van der Waals surface area contributed by atoms with Crippen LogP contribution in [-0.2, 0) is 4.79 Å². The van der Waals surface area contributed by atoms with E-state index in [9.17, 15) is 10.1 Å². The maximum Gasteiger partial charge on any atom is 0.245 e. The van der Waals surface area contributed by atoms with Gasteiger partial charge < -0.3 is 29.9 Å². The summed E-state index contributed by atoms with van der Waals surface area (Å²) in [6, 6.07) is 14.3. The van der Waals surface area contributed by atoms with E-state index < -0.39 is 11.2 Å². The number of nitrogens with zero attached hydrogens (tertiary/aromatic N) is 6. The van der Waals surface area contributed by atoms with Crippen LogP contribution in [0.1, 0.15) is 26.2 Å². The van der Waals surface area contributed by atoms with Crippen molar-refractivity contribution in [2.45, 2.75) is 32.2 Å². The van der Waals surface area contributed by atoms with Crippen LogP contribution in [0.15, 0.2) is 67.6 Å². The quantitative estimate of drug-likeness (QED) is 0.213. The van der Waals surface area contributed by atoms with E-state index in [0.717, 1.165) is 31.5 Å². The Morgan fingerprint density at radius 1 is 1.11 bits per heavy atom. The maximum atomic E-state index is 15.4. The summed E-state index contributed by atoms with van der Waals surface area (Å²) in [6.07, 6.45) is 6.72. The van der Waals surface area contributed by atoms with Gasteiger partial charge in [0.1, 0.15) is 41.0 Å². The van der Waals surface area contributed by atoms with Gasteiger partial charge >= 0.3 is 0 Å². The molecular weight excluding hydrogens is 587 g/mol. The Bertz CT molecular complexity index is 1820. The number of rotatable bonds is 9. The third kappa shape index (κ3) is 6.49. The highest BCUT2D eigenvalue weighted by Gasteiger charge is 2.34. The van der Waals surface area contributed by atoms with Crippen molar-refractivity contribution in [3.8, 4) is 23.3 Å². The highest BCUT2D eigenvalue weighted by Crippen LogP contribution is 2.36. The second-order valence-corrected chi connectivity index (χ2v) is 11.8. The molecule has 1 atom stereocenters. The number of benzene rings is 2. The van der Waals surface area contributed by atoms with Crippen LogP contribution in [0.3, 0.4) is 0 Å². The number of nitrogens with one attached hydrogen (secondary N) is 2. The molecule has 2 fully saturated rings. The summed E-state index contributed by atoms with van der Waals surface area (Å²) < 4.78 is 27.0. The first kappa shape index (κ1) is 30.6. The van der Waals surface area contributed by atoms with Gasteiger partial charge in [-0.25, -0.2) is 19.3 Å². The number of amides is 1. The van der Waals surface area contributed by atoms with Crippen LogP contribution in [-0.4, -0.2) is 65.1 Å². The van der Waals surface area contributed by atoms with Crippen LogP contribution < -0.4 is 25.0 Å². The summed E-state index contributed by atoms with van der Waals surface area (Å²) in [5.74, 6) is 2.04. The summed E-state index contributed by atoms with van der Waals surface area (Å²) in [5.41, 5.74) is 1.21. The minimum absolute atomic E-state index is 0.0597. The zero-order valence-corrected chi connectivity index (χ0v) is 25.8. The Hall–Kier alpha value is -5.44. The lowest BCUT2D eigenvalue weighted by atomic mass is 9.92. The first-order valence-electron chi connectivity index (χ1n) is 15.1. The van der Waals surface area contributed by atoms with Crippen LogP contribution in [0, 0.1) is 22.6 Å². The van der Waals surface area contributed by atoms with Gasteiger partial charge in [-0.3, -0.25) is 4.79 Å². The number of nitriles is 1. The number of aromatic nitrogens is 3. The number of halogens is 1. The summed E-state index contributed by atoms with van der Waals surface area (Å²) in [4.78, 5) is 29.1. The van der Waals surface area contributed by atoms with Crippen molar-refractivity contribution in [3.05, 3.63) is 73.5 Å². The maximum absolute atomic E-state index is 15.4. The summed E-state index contributed by atoms with van der Waals surface area (Å²) >= 11 is 0. The van der Waals surface area contributed by atoms with Gasteiger partial charge in [0.15, 0.2) is 0 Å². The molecule has 2 aromatic carbocycles. The fourth-order valence-corrected chi connectivity index (χ4v) is 5.87. The number of pyridine rings is 1. The molecule has 46 heavy (non-hydrogen) atoms. The van der Waals surface area contributed by atoms with Gasteiger partial charge in [0.05, 0.1) is 35.5 Å². The van der Waals surface area contributed by atoms with Crippen LogP contribution in [0.4, 0.5) is 27.4 Å². The number of hydrogen-bond acceptors (Lipinski definition) is 10. The summed E-state index contributed by atoms with van der Waals surface area (Å²) in [7, 11) is 1.60. The molecule has 2 aliphatic rings. The Morgan fingerprint density at radius 2 is 1.91 bits per heavy atom. The van der Waals surface area contributed by atoms with E-state index in [-0.39, 0.29) is 17.6 Å². The third-order valence-electron chi connectivity index (χ3n) is 8.51. The normalized spacial score (nSPS) is 18.2. The van der Waals surface area contributed by atoms with Crippen molar-refractivity contribution < 1.29 is 18.7 Å². The van der Waals surface area contributed by atoms with Crippen LogP contribution >= 0.6 is 0 Å². The standard InChI is InChI=1S/C34H35FN8O3/c1-4-32(44)42-12-8-22(9-13-42)40-29-17-25-28(18-30(29)45-3)38-21-39-33(25)41-27-6-5-23(15-26(27)35)46-24-7-11-37-31(16-24)43-14-10-34(2,19-36)20-43/h4-7,11,15-18,21-22,40H,1,8-10,12-14,20H2,2-3H3,(H,38,39,41)/t34-/m0/s1. The molecule has 0 aliphatic carbocycles. The number of hydrogen-bond donors (Lipinski definition) is 2. The minimum atomic E-state index is -0.518. The van der Waals surface area contributed by atoms with Crippen molar-refractivity contribution in [1.29, 1.82) is 5.26 Å². The molecule has 2 saturated heterocycles. The largest absolute Gasteiger partial charge is 0.495 e. The number of methoxy groups -OCH3 is 1. The zero-order chi connectivity index (χ0) is 32.3. The molecule has 2 N–H and O–H groups in total. The molecule has 0 spiro atoms. The summed E-state index contributed by atoms with van der Waals surface area (Å²) in [6.45, 7) is 8.12. The monoisotopic (exact) mass is 622 g/mol. The van der Waals surface area contributed by atoms with E-state index in [1.807, 2.05) is 19.1 Å². The van der Waals surface area contributed by atoms with Crippen molar-refractivity contribution in [2.75, 3.05) is 48.8 Å². The predicted octanol–water partition coefficient (Wildman–Crippen LogP) is 6.04. The number of carbonyl (C=O) groups is 1. The Kier molecular flexibility index (Phi) is 8.57. The molecular formula is C34H35FN8O3. The van der Waals surface area contributed by atoms with E-state index in [2.05, 4.69) is 43.1 Å². The van der Waals surface area contributed by atoms with Crippen molar-refractivity contribution >= 4 is 39.8 Å². The zero-order valence-electron chi connectivity index (χ0n) is 25.8. The SMILES string of the molecule is C=CC(=O)N1CCC(Nc2cc3c(Nc4ccc(Oc5ccnc(N6CC[C@@](C)(C#N)C6)c5)cc4F)ncnc3cc2OC)CC1. The average molecular weight is 623 g/mol. The predicted molar refractivity (Wildman–Crippen MR) is 174 cm³/mol. The van der Waals surface area contributed by atoms with Crippen molar-refractivity contribution in [1.82, 2.24) is 19.9 Å². The lowest BCUT2D eigenvalue weighted by Gasteiger charge is -2.32. The molecule has 2 aliphatic heterocycles. The topological polar surface area (TPSA) is 129 Å². The Balaban J connectivity index is 1.17. The molecule has 4 heterocycles. The molecule has 0 unspecified atom stereocenters. The second kappa shape index (κ2) is 12.9. The van der Waals surface area contributed by atoms with Crippen LogP contribution in [0.2, 0.25) is 0 Å². The molecule has 11 nitrogen and oxygen atoms in total. The highest BCUT2D eigenvalue weighted by atomic mass is 19.1. The third-order valence-corrected chi connectivity index (χ3v) is 8.51. The lowest BCUT2D eigenvalue weighted by molar-refractivity contribution is -0.126. The molecule has 12 heteroatoms. The fraction of sp³-hybridized carbons (Fsp3) is 0.324. The number of fused-ring (bicyclic) bond motifs is 1. The number of anilines is 4. The molecule has 0 radical (unpaired) electrons. The molecule has 2 aromatic heterocycles. The van der Waals surface area contributed by atoms with E-state index in [0.29, 0.717) is 59.4 Å². The van der Waals surface area contributed by atoms with Crippen LogP contribution in [0.25, 0.3) is 10.9 Å². The van der Waals surface area contributed by atoms with Gasteiger partial charge in [-0.05, 0) is 56.5 Å². The van der Waals surface area contributed by atoms with Gasteiger partial charge in [0.2, 0.25) is 5.91 Å². The average Bonchev–Trinajstić information content (AvgIpc) is 3.48. The second-order valence-electron chi connectivity index (χ2n) is 11.8. The molecule has 1 amide bonds. The van der Waals surface area contributed by atoms with E-state index in [1.165, 1.54) is 18.5 Å². The van der Waals surface area contributed by atoms with Gasteiger partial charge in [-0.2, -0.15) is 5.26 Å². The molecule has 0 saturated carbocycles. The first-order valence-corrected chi connectivity index (χ1v) is 15.1. The molecule has 0 bridgehead atoms. The smallest absolute Gasteiger partial charge is 0.245 e. The van der Waals surface area contributed by atoms with Gasteiger partial charge in [-0.1, -0.05) is 6.58 Å². The highest BCUT2D eigenvalue weighted by molar-refractivity contribution is 5.95. The number of ether oxygens (including phenoxy) is 2. The Morgan fingerprint density at radius 3 is 2.63 bits per heavy atom. The van der Waals surface area contributed by atoms with E-state index >= 15 is 4.39 Å².